The Bertz CT molecular complexity index is 1180. The van der Waals surface area contributed by atoms with E-state index in [1.165, 1.54) is 65.6 Å². The zero-order chi connectivity index (χ0) is 24.2. The van der Waals surface area contributed by atoms with Crippen LogP contribution in [0.15, 0.2) is 77.8 Å². The molecule has 5 nitrogen and oxygen atoms in total. The molecule has 3 aromatic rings. The van der Waals surface area contributed by atoms with Gasteiger partial charge < -0.3 is 9.47 Å². The van der Waals surface area contributed by atoms with Crippen molar-refractivity contribution in [2.24, 2.45) is 4.99 Å². The van der Waals surface area contributed by atoms with Crippen LogP contribution < -0.4 is 14.4 Å². The normalized spacial score (nSPS) is 17.1. The van der Waals surface area contributed by atoms with Crippen molar-refractivity contribution in [2.45, 2.75) is 25.7 Å². The number of carbonyl (C=O) groups is 1. The molecule has 176 valence electrons. The highest BCUT2D eigenvalue weighted by molar-refractivity contribution is 6.46. The maximum atomic E-state index is 14.6. The highest BCUT2D eigenvalue weighted by Gasteiger charge is 2.39. The Labute approximate surface area is 191 Å². The Morgan fingerprint density at radius 3 is 1.94 bits per heavy atom. The molecule has 1 amide bonds. The number of anilines is 1. The standard InChI is InChI=1S/C24H17F5N2O3/c25-19-4-2-1-3-18(19)21-13-20(30-14-5-9-16(10-6-14)33-23(26)27)22(32)31(21)15-7-11-17(12-8-15)34-24(28)29/h1-12,21,23-24H,13H2. The van der Waals surface area contributed by atoms with Gasteiger partial charge in [0.15, 0.2) is 0 Å². The van der Waals surface area contributed by atoms with Crippen molar-refractivity contribution in [1.29, 1.82) is 0 Å². The molecule has 1 atom stereocenters. The maximum absolute atomic E-state index is 14.6. The Hall–Kier alpha value is -3.95. The highest BCUT2D eigenvalue weighted by atomic mass is 19.3. The van der Waals surface area contributed by atoms with Crippen molar-refractivity contribution < 1.29 is 36.2 Å². The average Bonchev–Trinajstić information content (AvgIpc) is 3.11. The summed E-state index contributed by atoms with van der Waals surface area (Å²) >= 11 is 0. The minimum Gasteiger partial charge on any atom is -0.435 e. The molecule has 1 saturated heterocycles. The van der Waals surface area contributed by atoms with Crippen molar-refractivity contribution in [2.75, 3.05) is 4.90 Å². The van der Waals surface area contributed by atoms with Crippen molar-refractivity contribution in [3.05, 3.63) is 84.2 Å². The van der Waals surface area contributed by atoms with E-state index in [0.29, 0.717) is 11.4 Å². The van der Waals surface area contributed by atoms with E-state index in [4.69, 9.17) is 0 Å². The number of amides is 1. The van der Waals surface area contributed by atoms with Crippen LogP contribution in [0.3, 0.4) is 0 Å². The van der Waals surface area contributed by atoms with Gasteiger partial charge in [-0.05, 0) is 54.6 Å². The third-order valence-corrected chi connectivity index (χ3v) is 5.09. The number of carbonyl (C=O) groups excluding carboxylic acids is 1. The lowest BCUT2D eigenvalue weighted by atomic mass is 10.0. The lowest BCUT2D eigenvalue weighted by Crippen LogP contribution is -2.29. The summed E-state index contributed by atoms with van der Waals surface area (Å²) in [4.78, 5) is 18.9. The molecule has 0 bridgehead atoms. The quantitative estimate of drug-likeness (QED) is 0.377. The maximum Gasteiger partial charge on any atom is 0.387 e. The number of ether oxygens (including phenoxy) is 2. The number of alkyl halides is 4. The SMILES string of the molecule is O=C1C(=Nc2ccc(OC(F)F)cc2)CC(c2ccccc2F)N1c1ccc(OC(F)F)cc1. The largest absolute Gasteiger partial charge is 0.435 e. The number of benzene rings is 3. The van der Waals surface area contributed by atoms with E-state index in [2.05, 4.69) is 14.5 Å². The second kappa shape index (κ2) is 9.90. The molecule has 34 heavy (non-hydrogen) atoms. The van der Waals surface area contributed by atoms with Gasteiger partial charge in [0.05, 0.1) is 11.7 Å². The topological polar surface area (TPSA) is 51.1 Å². The van der Waals surface area contributed by atoms with Crippen LogP contribution >= 0.6 is 0 Å². The summed E-state index contributed by atoms with van der Waals surface area (Å²) in [7, 11) is 0. The van der Waals surface area contributed by atoms with Gasteiger partial charge in [-0.1, -0.05) is 18.2 Å². The number of halogens is 5. The van der Waals surface area contributed by atoms with Crippen molar-refractivity contribution >= 4 is 23.0 Å². The molecule has 1 aliphatic rings. The number of nitrogens with zero attached hydrogens (tertiary/aromatic N) is 2. The summed E-state index contributed by atoms with van der Waals surface area (Å²) in [6.07, 6.45) is 0.0599. The Kier molecular flexibility index (Phi) is 6.76. The van der Waals surface area contributed by atoms with Gasteiger partial charge >= 0.3 is 13.2 Å². The van der Waals surface area contributed by atoms with E-state index in [1.54, 1.807) is 12.1 Å². The summed E-state index contributed by atoms with van der Waals surface area (Å²) in [5.74, 6) is -1.18. The van der Waals surface area contributed by atoms with Crippen LogP contribution in [0.4, 0.5) is 33.3 Å². The van der Waals surface area contributed by atoms with Crippen LogP contribution in [0.25, 0.3) is 0 Å². The van der Waals surface area contributed by atoms with Crippen LogP contribution in [0.1, 0.15) is 18.0 Å². The molecule has 1 unspecified atom stereocenters. The first-order chi connectivity index (χ1) is 16.3. The van der Waals surface area contributed by atoms with E-state index in [9.17, 15) is 26.7 Å². The third kappa shape index (κ3) is 5.16. The van der Waals surface area contributed by atoms with E-state index < -0.39 is 31.0 Å². The predicted molar refractivity (Wildman–Crippen MR) is 114 cm³/mol. The summed E-state index contributed by atoms with van der Waals surface area (Å²) in [5.41, 5.74) is 1.03. The summed E-state index contributed by atoms with van der Waals surface area (Å²) in [6.45, 7) is -5.97. The molecule has 10 heteroatoms. The lowest BCUT2D eigenvalue weighted by Gasteiger charge is -2.25. The number of hydrogen-bond acceptors (Lipinski definition) is 4. The molecule has 1 fully saturated rings. The first-order valence-electron chi connectivity index (χ1n) is 10.1. The van der Waals surface area contributed by atoms with Gasteiger partial charge in [-0.2, -0.15) is 17.6 Å². The molecule has 0 N–H and O–H groups in total. The van der Waals surface area contributed by atoms with Gasteiger partial charge in [0.25, 0.3) is 5.91 Å². The lowest BCUT2D eigenvalue weighted by molar-refractivity contribution is -0.112. The summed E-state index contributed by atoms with van der Waals surface area (Å²) in [6, 6.07) is 16.0. The molecule has 0 saturated carbocycles. The van der Waals surface area contributed by atoms with Gasteiger partial charge in [0.2, 0.25) is 0 Å². The first kappa shape index (κ1) is 23.2. The first-order valence-corrected chi connectivity index (χ1v) is 10.1. The van der Waals surface area contributed by atoms with E-state index in [0.717, 1.165) is 0 Å². The molecule has 0 radical (unpaired) electrons. The molecule has 3 aromatic carbocycles. The minimum absolute atomic E-state index is 0.0599. The summed E-state index contributed by atoms with van der Waals surface area (Å²) < 4.78 is 72.9. The van der Waals surface area contributed by atoms with Crippen molar-refractivity contribution in [3.8, 4) is 11.5 Å². The molecule has 1 heterocycles. The molecule has 1 aliphatic heterocycles. The van der Waals surface area contributed by atoms with E-state index in [-0.39, 0.29) is 29.2 Å². The fourth-order valence-corrected chi connectivity index (χ4v) is 3.67. The smallest absolute Gasteiger partial charge is 0.387 e. The van der Waals surface area contributed by atoms with Crippen LogP contribution in [-0.4, -0.2) is 24.8 Å². The van der Waals surface area contributed by atoms with Gasteiger partial charge in [0, 0.05) is 17.7 Å². The predicted octanol–water partition coefficient (Wildman–Crippen LogP) is 6.28. The minimum atomic E-state index is -3.00. The number of rotatable bonds is 7. The Morgan fingerprint density at radius 1 is 0.824 bits per heavy atom. The fraction of sp³-hybridized carbons (Fsp3) is 0.167. The zero-order valence-corrected chi connectivity index (χ0v) is 17.4. The van der Waals surface area contributed by atoms with Gasteiger partial charge in [-0.25, -0.2) is 9.38 Å². The van der Waals surface area contributed by atoms with Crippen LogP contribution in [-0.2, 0) is 4.79 Å². The van der Waals surface area contributed by atoms with Crippen LogP contribution in [0.2, 0.25) is 0 Å². The van der Waals surface area contributed by atoms with Gasteiger partial charge in [-0.15, -0.1) is 0 Å². The van der Waals surface area contributed by atoms with Gasteiger partial charge in [-0.3, -0.25) is 9.69 Å². The average molecular weight is 476 g/mol. The third-order valence-electron chi connectivity index (χ3n) is 5.09. The monoisotopic (exact) mass is 476 g/mol. The molecule has 0 aliphatic carbocycles. The molecular weight excluding hydrogens is 459 g/mol. The summed E-state index contributed by atoms with van der Waals surface area (Å²) in [5, 5.41) is 0. The van der Waals surface area contributed by atoms with Crippen molar-refractivity contribution in [1.82, 2.24) is 0 Å². The second-order valence-corrected chi connectivity index (χ2v) is 7.22. The van der Waals surface area contributed by atoms with Gasteiger partial charge in [0.1, 0.15) is 23.0 Å². The Balaban J connectivity index is 1.68. The van der Waals surface area contributed by atoms with Crippen LogP contribution in [0.5, 0.6) is 11.5 Å². The fourth-order valence-electron chi connectivity index (χ4n) is 3.67. The number of aliphatic imine (C=N–C) groups is 1. The Morgan fingerprint density at radius 2 is 1.38 bits per heavy atom. The molecule has 4 rings (SSSR count). The molecule has 0 spiro atoms. The molecular formula is C24H17F5N2O3. The number of hydrogen-bond donors (Lipinski definition) is 0. The second-order valence-electron chi connectivity index (χ2n) is 7.22. The highest BCUT2D eigenvalue weighted by Crippen LogP contribution is 2.38. The zero-order valence-electron chi connectivity index (χ0n) is 17.4. The molecule has 0 aromatic heterocycles. The van der Waals surface area contributed by atoms with Crippen molar-refractivity contribution in [3.63, 3.8) is 0 Å². The van der Waals surface area contributed by atoms with Crippen LogP contribution in [0, 0.1) is 5.82 Å². The van der Waals surface area contributed by atoms with E-state index in [1.807, 2.05) is 0 Å². The van der Waals surface area contributed by atoms with E-state index >= 15 is 0 Å².